The first-order chi connectivity index (χ1) is 7.59. The lowest BCUT2D eigenvalue weighted by Gasteiger charge is -2.19. The first-order valence-electron chi connectivity index (χ1n) is 4.74. The van der Waals surface area contributed by atoms with Crippen molar-refractivity contribution in [1.82, 2.24) is 4.98 Å². The van der Waals surface area contributed by atoms with Crippen molar-refractivity contribution >= 4 is 11.6 Å². The number of hydrogen-bond donors (Lipinski definition) is 1. The molecule has 0 amide bonds. The second-order valence-electron chi connectivity index (χ2n) is 4.29. The molecule has 0 bridgehead atoms. The normalized spacial score (nSPS) is 12.6. The molecule has 0 saturated heterocycles. The average Bonchev–Trinajstić information content (AvgIpc) is 2.12. The molecule has 1 aromatic heterocycles. The fraction of sp³-hybridized carbons (Fsp3) is 0.500. The lowest BCUT2D eigenvalue weighted by Crippen LogP contribution is -2.38. The smallest absolute Gasteiger partial charge is 0.417 e. The lowest BCUT2D eigenvalue weighted by molar-refractivity contribution is -0.137. The average molecular weight is 269 g/mol. The van der Waals surface area contributed by atoms with Crippen LogP contribution in [0.3, 0.4) is 0 Å². The molecule has 0 radical (unpaired) electrons. The highest BCUT2D eigenvalue weighted by Crippen LogP contribution is 2.33. The van der Waals surface area contributed by atoms with Gasteiger partial charge in [0.15, 0.2) is 0 Å². The van der Waals surface area contributed by atoms with Crippen LogP contribution in [-0.4, -0.2) is 17.1 Å². The summed E-state index contributed by atoms with van der Waals surface area (Å²) < 4.78 is 42.1. The maximum absolute atomic E-state index is 12.3. The largest absolute Gasteiger partial charge is 0.475 e. The molecule has 7 heteroatoms. The fourth-order valence-corrected chi connectivity index (χ4v) is 1.16. The Balaban J connectivity index is 2.84. The van der Waals surface area contributed by atoms with Gasteiger partial charge in [-0.25, -0.2) is 4.98 Å². The minimum Gasteiger partial charge on any atom is -0.475 e. The van der Waals surface area contributed by atoms with E-state index in [9.17, 15) is 13.2 Å². The Morgan fingerprint density at radius 3 is 2.41 bits per heavy atom. The van der Waals surface area contributed by atoms with Crippen LogP contribution in [0.5, 0.6) is 5.88 Å². The zero-order valence-electron chi connectivity index (χ0n) is 9.31. The molecule has 0 aliphatic heterocycles. The summed E-state index contributed by atoms with van der Waals surface area (Å²) in [7, 11) is 0. The van der Waals surface area contributed by atoms with Crippen molar-refractivity contribution in [1.29, 1.82) is 0 Å². The summed E-state index contributed by atoms with van der Waals surface area (Å²) in [6.45, 7) is 3.53. The van der Waals surface area contributed by atoms with Crippen LogP contribution in [0.25, 0.3) is 0 Å². The van der Waals surface area contributed by atoms with E-state index in [1.807, 2.05) is 0 Å². The standard InChI is InChI=1S/C10H12ClF3N2O/c1-9(2,15)5-17-8-7(11)3-6(4-16-8)10(12,13)14/h3-4H,5,15H2,1-2H3. The number of pyridine rings is 1. The Labute approximate surface area is 102 Å². The van der Waals surface area contributed by atoms with Gasteiger partial charge in [-0.05, 0) is 19.9 Å². The first-order valence-corrected chi connectivity index (χ1v) is 5.12. The van der Waals surface area contributed by atoms with Gasteiger partial charge in [0.1, 0.15) is 11.6 Å². The molecule has 0 saturated carbocycles. The second-order valence-corrected chi connectivity index (χ2v) is 4.69. The number of halogens is 4. The molecule has 0 aromatic carbocycles. The van der Waals surface area contributed by atoms with Gasteiger partial charge in [0.05, 0.1) is 5.56 Å². The van der Waals surface area contributed by atoms with Crippen LogP contribution in [0.1, 0.15) is 19.4 Å². The zero-order valence-corrected chi connectivity index (χ0v) is 10.1. The topological polar surface area (TPSA) is 48.1 Å². The Bertz CT molecular complexity index is 402. The van der Waals surface area contributed by atoms with Gasteiger partial charge in [-0.3, -0.25) is 0 Å². The highest BCUT2D eigenvalue weighted by Gasteiger charge is 2.31. The summed E-state index contributed by atoms with van der Waals surface area (Å²) in [5.41, 5.74) is 4.12. The van der Waals surface area contributed by atoms with E-state index in [0.717, 1.165) is 6.07 Å². The number of nitrogens with zero attached hydrogens (tertiary/aromatic N) is 1. The predicted octanol–water partition coefficient (Wildman–Crippen LogP) is 2.87. The van der Waals surface area contributed by atoms with E-state index in [2.05, 4.69) is 4.98 Å². The second kappa shape index (κ2) is 4.70. The molecule has 0 unspecified atom stereocenters. The van der Waals surface area contributed by atoms with Crippen molar-refractivity contribution in [3.05, 3.63) is 22.8 Å². The monoisotopic (exact) mass is 268 g/mol. The Morgan fingerprint density at radius 1 is 1.41 bits per heavy atom. The fourth-order valence-electron chi connectivity index (χ4n) is 0.941. The van der Waals surface area contributed by atoms with Gasteiger partial charge in [-0.1, -0.05) is 11.6 Å². The quantitative estimate of drug-likeness (QED) is 0.917. The Morgan fingerprint density at radius 2 is 2.00 bits per heavy atom. The molecule has 0 atom stereocenters. The van der Waals surface area contributed by atoms with Gasteiger partial charge in [-0.15, -0.1) is 0 Å². The van der Waals surface area contributed by atoms with Crippen molar-refractivity contribution in [2.75, 3.05) is 6.61 Å². The molecular weight excluding hydrogens is 257 g/mol. The van der Waals surface area contributed by atoms with Crippen molar-refractivity contribution in [3.8, 4) is 5.88 Å². The number of ether oxygens (including phenoxy) is 1. The minimum absolute atomic E-state index is 0.0572. The Hall–Kier alpha value is -1.01. The number of aromatic nitrogens is 1. The molecule has 0 aliphatic carbocycles. The minimum atomic E-state index is -4.47. The van der Waals surface area contributed by atoms with Gasteiger partial charge < -0.3 is 10.5 Å². The van der Waals surface area contributed by atoms with Crippen LogP contribution in [0.15, 0.2) is 12.3 Å². The van der Waals surface area contributed by atoms with E-state index in [4.69, 9.17) is 22.1 Å². The van der Waals surface area contributed by atoms with Crippen LogP contribution in [0.2, 0.25) is 5.02 Å². The summed E-state index contributed by atoms with van der Waals surface area (Å²) in [6.07, 6.45) is -3.80. The third kappa shape index (κ3) is 4.40. The summed E-state index contributed by atoms with van der Waals surface area (Å²) >= 11 is 5.64. The van der Waals surface area contributed by atoms with Crippen LogP contribution in [0.4, 0.5) is 13.2 Å². The summed E-state index contributed by atoms with van der Waals surface area (Å²) in [5.74, 6) is -0.0572. The maximum Gasteiger partial charge on any atom is 0.417 e. The van der Waals surface area contributed by atoms with Crippen LogP contribution in [-0.2, 0) is 6.18 Å². The molecule has 17 heavy (non-hydrogen) atoms. The summed E-state index contributed by atoms with van der Waals surface area (Å²) in [4.78, 5) is 3.52. The van der Waals surface area contributed by atoms with E-state index in [1.54, 1.807) is 13.8 Å². The van der Waals surface area contributed by atoms with Crippen molar-refractivity contribution in [2.45, 2.75) is 25.6 Å². The van der Waals surface area contributed by atoms with Gasteiger partial charge in [0.25, 0.3) is 0 Å². The van der Waals surface area contributed by atoms with Crippen molar-refractivity contribution in [3.63, 3.8) is 0 Å². The highest BCUT2D eigenvalue weighted by atomic mass is 35.5. The SMILES string of the molecule is CC(C)(N)COc1ncc(C(F)(F)F)cc1Cl. The maximum atomic E-state index is 12.3. The van der Waals surface area contributed by atoms with E-state index < -0.39 is 17.3 Å². The molecule has 0 aliphatic rings. The molecule has 1 rings (SSSR count). The Kier molecular flexibility index (Phi) is 3.88. The van der Waals surface area contributed by atoms with Crippen molar-refractivity contribution in [2.24, 2.45) is 5.73 Å². The third-order valence-corrected chi connectivity index (χ3v) is 1.99. The van der Waals surface area contributed by atoms with E-state index >= 15 is 0 Å². The van der Waals surface area contributed by atoms with Crippen LogP contribution < -0.4 is 10.5 Å². The molecule has 1 aromatic rings. The molecule has 0 fully saturated rings. The van der Waals surface area contributed by atoms with Crippen molar-refractivity contribution < 1.29 is 17.9 Å². The van der Waals surface area contributed by atoms with Crippen LogP contribution >= 0.6 is 11.6 Å². The highest BCUT2D eigenvalue weighted by molar-refractivity contribution is 6.31. The number of alkyl halides is 3. The number of hydrogen-bond acceptors (Lipinski definition) is 3. The summed E-state index contributed by atoms with van der Waals surface area (Å²) in [6, 6.07) is 0.771. The molecule has 0 spiro atoms. The van der Waals surface area contributed by atoms with Crippen LogP contribution in [0, 0.1) is 0 Å². The van der Waals surface area contributed by atoms with Gasteiger partial charge in [0, 0.05) is 11.7 Å². The molecule has 3 nitrogen and oxygen atoms in total. The predicted molar refractivity (Wildman–Crippen MR) is 58.0 cm³/mol. The van der Waals surface area contributed by atoms with E-state index in [-0.39, 0.29) is 17.5 Å². The number of nitrogens with two attached hydrogens (primary N) is 1. The van der Waals surface area contributed by atoms with Gasteiger partial charge in [0.2, 0.25) is 5.88 Å². The van der Waals surface area contributed by atoms with Gasteiger partial charge >= 0.3 is 6.18 Å². The first kappa shape index (κ1) is 14.1. The van der Waals surface area contributed by atoms with E-state index in [0.29, 0.717) is 6.20 Å². The van der Waals surface area contributed by atoms with E-state index in [1.165, 1.54) is 0 Å². The third-order valence-electron chi connectivity index (χ3n) is 1.72. The molecule has 1 heterocycles. The zero-order chi connectivity index (χ0) is 13.3. The van der Waals surface area contributed by atoms with Gasteiger partial charge in [-0.2, -0.15) is 13.2 Å². The summed E-state index contributed by atoms with van der Waals surface area (Å²) in [5, 5.41) is -0.191. The molecule has 2 N–H and O–H groups in total. The number of rotatable bonds is 3. The lowest BCUT2D eigenvalue weighted by atomic mass is 10.1. The molecular formula is C10H12ClF3N2O. The molecule has 96 valence electrons.